The zero-order chi connectivity index (χ0) is 19.0. The second-order valence-electron chi connectivity index (χ2n) is 8.06. The Kier molecular flexibility index (Phi) is 5.42. The summed E-state index contributed by atoms with van der Waals surface area (Å²) in [7, 11) is 0. The number of aliphatic hydroxyl groups excluding tert-OH is 1. The Hall–Kier alpha value is -1.32. The summed E-state index contributed by atoms with van der Waals surface area (Å²) in [6.07, 6.45) is -1.51. The number of esters is 1. The third kappa shape index (κ3) is 5.08. The van der Waals surface area contributed by atoms with Crippen molar-refractivity contribution in [3.05, 3.63) is 0 Å². The Balaban J connectivity index is 2.11. The minimum absolute atomic E-state index is 0.0153. The molecule has 2 fully saturated rings. The number of aliphatic hydroxyl groups is 1. The first-order valence-corrected chi connectivity index (χ1v) is 8.42. The van der Waals surface area contributed by atoms with Gasteiger partial charge in [-0.1, -0.05) is 6.92 Å². The number of rotatable bonds is 5. The molecule has 7 nitrogen and oxygen atoms in total. The standard InChI is InChI=1S/C16H27F2N3O4/c1-10(11(22)25-14(2,3)4)7-15(12(23)19-13(24)20-15)8-21-6-5-16(17,18)9-21/h10,13,20,24H,5-9H2,1-4H3,(H,19,23). The van der Waals surface area contributed by atoms with Gasteiger partial charge < -0.3 is 15.2 Å². The Labute approximate surface area is 146 Å². The van der Waals surface area contributed by atoms with Crippen LogP contribution in [-0.2, 0) is 14.3 Å². The number of alkyl halides is 2. The van der Waals surface area contributed by atoms with Gasteiger partial charge in [0.05, 0.1) is 12.5 Å². The molecule has 25 heavy (non-hydrogen) atoms. The lowest BCUT2D eigenvalue weighted by molar-refractivity contribution is -0.160. The van der Waals surface area contributed by atoms with Crippen molar-refractivity contribution in [2.75, 3.05) is 19.6 Å². The van der Waals surface area contributed by atoms with Gasteiger partial charge in [0.25, 0.3) is 5.92 Å². The molecular formula is C16H27F2N3O4. The Morgan fingerprint density at radius 1 is 1.48 bits per heavy atom. The van der Waals surface area contributed by atoms with Crippen molar-refractivity contribution in [2.24, 2.45) is 5.92 Å². The normalized spacial score (nSPS) is 31.0. The maximum atomic E-state index is 13.5. The molecule has 2 saturated heterocycles. The van der Waals surface area contributed by atoms with Gasteiger partial charge in [-0.2, -0.15) is 0 Å². The molecule has 2 heterocycles. The maximum Gasteiger partial charge on any atom is 0.309 e. The first-order chi connectivity index (χ1) is 11.3. The van der Waals surface area contributed by atoms with Crippen molar-refractivity contribution < 1.29 is 28.2 Å². The van der Waals surface area contributed by atoms with Crippen LogP contribution in [0.2, 0.25) is 0 Å². The van der Waals surface area contributed by atoms with E-state index in [0.717, 1.165) is 0 Å². The summed E-state index contributed by atoms with van der Waals surface area (Å²) in [6.45, 7) is 6.53. The quantitative estimate of drug-likeness (QED) is 0.614. The molecule has 2 rings (SSSR count). The molecular weight excluding hydrogens is 336 g/mol. The van der Waals surface area contributed by atoms with Gasteiger partial charge in [-0.3, -0.25) is 19.8 Å². The van der Waals surface area contributed by atoms with Gasteiger partial charge >= 0.3 is 5.97 Å². The fourth-order valence-corrected chi connectivity index (χ4v) is 3.29. The van der Waals surface area contributed by atoms with Crippen molar-refractivity contribution in [1.82, 2.24) is 15.5 Å². The van der Waals surface area contributed by atoms with Gasteiger partial charge in [0, 0.05) is 19.5 Å². The third-order valence-electron chi connectivity index (χ3n) is 4.32. The van der Waals surface area contributed by atoms with Crippen molar-refractivity contribution in [3.63, 3.8) is 0 Å². The summed E-state index contributed by atoms with van der Waals surface area (Å²) in [6, 6.07) is 0. The molecule has 0 aromatic heterocycles. The molecule has 0 spiro atoms. The van der Waals surface area contributed by atoms with Gasteiger partial charge in [-0.15, -0.1) is 0 Å². The minimum Gasteiger partial charge on any atom is -0.460 e. The summed E-state index contributed by atoms with van der Waals surface area (Å²) in [5, 5.41) is 14.8. The molecule has 3 atom stereocenters. The SMILES string of the molecule is CC(CC1(CN2CCC(F)(F)C2)NC(O)NC1=O)C(=O)OC(C)(C)C. The highest BCUT2D eigenvalue weighted by atomic mass is 19.3. The molecule has 3 N–H and O–H groups in total. The lowest BCUT2D eigenvalue weighted by atomic mass is 9.87. The van der Waals surface area contributed by atoms with Crippen LogP contribution in [0.15, 0.2) is 0 Å². The number of amides is 1. The van der Waals surface area contributed by atoms with Crippen LogP contribution >= 0.6 is 0 Å². The molecule has 0 radical (unpaired) electrons. The van der Waals surface area contributed by atoms with E-state index in [9.17, 15) is 23.5 Å². The Morgan fingerprint density at radius 2 is 2.12 bits per heavy atom. The molecule has 1 amide bonds. The van der Waals surface area contributed by atoms with Gasteiger partial charge in [0.2, 0.25) is 5.91 Å². The van der Waals surface area contributed by atoms with Crippen LogP contribution in [0.4, 0.5) is 8.78 Å². The van der Waals surface area contributed by atoms with Crippen LogP contribution in [0.1, 0.15) is 40.5 Å². The van der Waals surface area contributed by atoms with Crippen LogP contribution in [0.3, 0.4) is 0 Å². The van der Waals surface area contributed by atoms with Crippen molar-refractivity contribution in [1.29, 1.82) is 0 Å². The Morgan fingerprint density at radius 3 is 2.56 bits per heavy atom. The maximum absolute atomic E-state index is 13.5. The number of nitrogens with one attached hydrogen (secondary N) is 2. The predicted molar refractivity (Wildman–Crippen MR) is 85.6 cm³/mol. The molecule has 3 unspecified atom stereocenters. The number of nitrogens with zero attached hydrogens (tertiary/aromatic N) is 1. The van der Waals surface area contributed by atoms with Crippen LogP contribution in [0.5, 0.6) is 0 Å². The smallest absolute Gasteiger partial charge is 0.309 e. The minimum atomic E-state index is -2.79. The summed E-state index contributed by atoms with van der Waals surface area (Å²) in [5.74, 6) is -4.42. The number of hydrogen-bond acceptors (Lipinski definition) is 6. The largest absolute Gasteiger partial charge is 0.460 e. The highest BCUT2D eigenvalue weighted by Gasteiger charge is 2.51. The average Bonchev–Trinajstić information content (AvgIpc) is 2.87. The number of carbonyl (C=O) groups excluding carboxylic acids is 2. The van der Waals surface area contributed by atoms with E-state index in [4.69, 9.17) is 4.74 Å². The second-order valence-corrected chi connectivity index (χ2v) is 8.06. The van der Waals surface area contributed by atoms with E-state index < -0.39 is 47.8 Å². The molecule has 0 saturated carbocycles. The number of likely N-dealkylation sites (tertiary alicyclic amines) is 1. The first-order valence-electron chi connectivity index (χ1n) is 8.42. The fourth-order valence-electron chi connectivity index (χ4n) is 3.29. The molecule has 0 aliphatic carbocycles. The van der Waals surface area contributed by atoms with E-state index in [1.54, 1.807) is 27.7 Å². The Bertz CT molecular complexity index is 538. The predicted octanol–water partition coefficient (Wildman–Crippen LogP) is 0.429. The molecule has 144 valence electrons. The second kappa shape index (κ2) is 6.77. The van der Waals surface area contributed by atoms with E-state index >= 15 is 0 Å². The van der Waals surface area contributed by atoms with Gasteiger partial charge in [0.1, 0.15) is 11.1 Å². The van der Waals surface area contributed by atoms with Crippen LogP contribution in [0, 0.1) is 5.92 Å². The summed E-state index contributed by atoms with van der Waals surface area (Å²) < 4.78 is 32.2. The van der Waals surface area contributed by atoms with Gasteiger partial charge in [-0.05, 0) is 27.2 Å². The fraction of sp³-hybridized carbons (Fsp3) is 0.875. The molecule has 0 aromatic carbocycles. The molecule has 0 bridgehead atoms. The van der Waals surface area contributed by atoms with Crippen molar-refractivity contribution in [3.8, 4) is 0 Å². The number of ether oxygens (including phenoxy) is 1. The topological polar surface area (TPSA) is 90.9 Å². The van der Waals surface area contributed by atoms with Gasteiger partial charge in [0.15, 0.2) is 6.35 Å². The molecule has 9 heteroatoms. The first kappa shape index (κ1) is 20.0. The number of carbonyl (C=O) groups is 2. The number of halogens is 2. The summed E-state index contributed by atoms with van der Waals surface area (Å²) >= 11 is 0. The van der Waals surface area contributed by atoms with Crippen molar-refractivity contribution in [2.45, 2.75) is 64.0 Å². The average molecular weight is 363 g/mol. The zero-order valence-electron chi connectivity index (χ0n) is 15.1. The zero-order valence-corrected chi connectivity index (χ0v) is 15.1. The number of hydrogen-bond donors (Lipinski definition) is 3. The van der Waals surface area contributed by atoms with Gasteiger partial charge in [-0.25, -0.2) is 8.78 Å². The van der Waals surface area contributed by atoms with E-state index in [1.165, 1.54) is 4.90 Å². The van der Waals surface area contributed by atoms with Crippen LogP contribution in [0.25, 0.3) is 0 Å². The highest BCUT2D eigenvalue weighted by molar-refractivity contribution is 5.89. The summed E-state index contributed by atoms with van der Waals surface area (Å²) in [5.41, 5.74) is -1.99. The highest BCUT2D eigenvalue weighted by Crippen LogP contribution is 2.31. The molecule has 0 aromatic rings. The lowest BCUT2D eigenvalue weighted by Gasteiger charge is -2.33. The van der Waals surface area contributed by atoms with Crippen LogP contribution in [-0.4, -0.2) is 64.9 Å². The third-order valence-corrected chi connectivity index (χ3v) is 4.32. The monoisotopic (exact) mass is 363 g/mol. The molecule has 2 aliphatic heterocycles. The van der Waals surface area contributed by atoms with Crippen LogP contribution < -0.4 is 10.6 Å². The van der Waals surface area contributed by atoms with E-state index in [1.807, 2.05) is 0 Å². The van der Waals surface area contributed by atoms with E-state index in [2.05, 4.69) is 10.6 Å². The van der Waals surface area contributed by atoms with Crippen molar-refractivity contribution >= 4 is 11.9 Å². The molecule has 2 aliphatic rings. The lowest BCUT2D eigenvalue weighted by Crippen LogP contribution is -2.57. The summed E-state index contributed by atoms with van der Waals surface area (Å²) in [4.78, 5) is 26.1. The van der Waals surface area contributed by atoms with E-state index in [0.29, 0.717) is 0 Å². The van der Waals surface area contributed by atoms with E-state index in [-0.39, 0.29) is 25.9 Å².